The maximum atomic E-state index is 11.4. The standard InChI is InChI=1S/C13H20N2O3S/c1-4-17-12(16)11-14-15-13(18-11)19-10-6-5-8(2)9(3)7-10/h8-10H,4-7H2,1-3H3. The van der Waals surface area contributed by atoms with Crippen LogP contribution in [0.25, 0.3) is 0 Å². The summed E-state index contributed by atoms with van der Waals surface area (Å²) >= 11 is 1.58. The first kappa shape index (κ1) is 14.4. The van der Waals surface area contributed by atoms with Gasteiger partial charge in [0.15, 0.2) is 0 Å². The molecule has 1 saturated carbocycles. The van der Waals surface area contributed by atoms with Crippen LogP contribution in [0.5, 0.6) is 0 Å². The van der Waals surface area contributed by atoms with E-state index in [1.807, 2.05) is 0 Å². The van der Waals surface area contributed by atoms with E-state index in [1.165, 1.54) is 6.42 Å². The third kappa shape index (κ3) is 3.72. The van der Waals surface area contributed by atoms with Crippen molar-refractivity contribution in [2.75, 3.05) is 6.61 Å². The summed E-state index contributed by atoms with van der Waals surface area (Å²) in [7, 11) is 0. The molecule has 0 radical (unpaired) electrons. The van der Waals surface area contributed by atoms with E-state index in [-0.39, 0.29) is 5.89 Å². The molecule has 0 aliphatic heterocycles. The van der Waals surface area contributed by atoms with Crippen LogP contribution in [0.4, 0.5) is 0 Å². The van der Waals surface area contributed by atoms with Gasteiger partial charge in [0.1, 0.15) is 0 Å². The predicted molar refractivity (Wildman–Crippen MR) is 72.1 cm³/mol. The van der Waals surface area contributed by atoms with Gasteiger partial charge in [-0.3, -0.25) is 0 Å². The molecule has 2 rings (SSSR count). The number of carbonyl (C=O) groups excluding carboxylic acids is 1. The van der Waals surface area contributed by atoms with E-state index in [1.54, 1.807) is 18.7 Å². The summed E-state index contributed by atoms with van der Waals surface area (Å²) in [6, 6.07) is 0. The van der Waals surface area contributed by atoms with Crippen molar-refractivity contribution in [3.05, 3.63) is 5.89 Å². The molecule has 1 aliphatic carbocycles. The second-order valence-electron chi connectivity index (χ2n) is 5.10. The Balaban J connectivity index is 1.91. The van der Waals surface area contributed by atoms with Gasteiger partial charge >= 0.3 is 11.9 Å². The molecule has 1 aromatic heterocycles. The minimum Gasteiger partial charge on any atom is -0.459 e. The molecular formula is C13H20N2O3S. The molecule has 0 aromatic carbocycles. The lowest BCUT2D eigenvalue weighted by Gasteiger charge is -2.30. The summed E-state index contributed by atoms with van der Waals surface area (Å²) in [5.41, 5.74) is 0. The predicted octanol–water partition coefficient (Wildman–Crippen LogP) is 3.16. The molecule has 0 saturated heterocycles. The van der Waals surface area contributed by atoms with Crippen LogP contribution in [-0.2, 0) is 4.74 Å². The third-order valence-corrected chi connectivity index (χ3v) is 4.80. The Kier molecular flexibility index (Phi) is 4.85. The van der Waals surface area contributed by atoms with Crippen molar-refractivity contribution in [2.24, 2.45) is 11.8 Å². The van der Waals surface area contributed by atoms with Crippen molar-refractivity contribution in [3.8, 4) is 0 Å². The Morgan fingerprint density at radius 2 is 2.16 bits per heavy atom. The van der Waals surface area contributed by atoms with Gasteiger partial charge in [-0.2, -0.15) is 0 Å². The molecule has 1 aliphatic rings. The highest BCUT2D eigenvalue weighted by atomic mass is 32.2. The van der Waals surface area contributed by atoms with Crippen LogP contribution in [-0.4, -0.2) is 28.0 Å². The number of thioether (sulfide) groups is 1. The summed E-state index contributed by atoms with van der Waals surface area (Å²) < 4.78 is 10.1. The summed E-state index contributed by atoms with van der Waals surface area (Å²) in [6.07, 6.45) is 3.55. The molecule has 106 valence electrons. The van der Waals surface area contributed by atoms with Gasteiger partial charge in [-0.15, -0.1) is 5.10 Å². The van der Waals surface area contributed by atoms with Crippen LogP contribution < -0.4 is 0 Å². The van der Waals surface area contributed by atoms with E-state index in [0.717, 1.165) is 24.7 Å². The van der Waals surface area contributed by atoms with Gasteiger partial charge in [-0.1, -0.05) is 30.7 Å². The fraction of sp³-hybridized carbons (Fsp3) is 0.769. The molecule has 1 aromatic rings. The highest BCUT2D eigenvalue weighted by molar-refractivity contribution is 7.99. The molecule has 0 spiro atoms. The van der Waals surface area contributed by atoms with Crippen molar-refractivity contribution in [1.82, 2.24) is 10.2 Å². The normalized spacial score (nSPS) is 27.2. The van der Waals surface area contributed by atoms with Crippen LogP contribution in [0.15, 0.2) is 9.64 Å². The SMILES string of the molecule is CCOC(=O)c1nnc(SC2CCC(C)C(C)C2)o1. The van der Waals surface area contributed by atoms with Gasteiger partial charge < -0.3 is 9.15 Å². The van der Waals surface area contributed by atoms with Gasteiger partial charge in [-0.05, 0) is 38.0 Å². The van der Waals surface area contributed by atoms with E-state index < -0.39 is 5.97 Å². The molecule has 1 fully saturated rings. The second kappa shape index (κ2) is 6.41. The molecule has 0 bridgehead atoms. The number of nitrogens with zero attached hydrogens (tertiary/aromatic N) is 2. The number of esters is 1. The summed E-state index contributed by atoms with van der Waals surface area (Å²) in [5.74, 6) is 0.905. The Morgan fingerprint density at radius 3 is 2.84 bits per heavy atom. The zero-order valence-electron chi connectivity index (χ0n) is 11.6. The molecule has 5 nitrogen and oxygen atoms in total. The quantitative estimate of drug-likeness (QED) is 0.791. The Bertz CT molecular complexity index is 435. The largest absolute Gasteiger partial charge is 0.459 e. The van der Waals surface area contributed by atoms with E-state index >= 15 is 0 Å². The molecule has 6 heteroatoms. The highest BCUT2D eigenvalue weighted by Crippen LogP contribution is 2.38. The van der Waals surface area contributed by atoms with Crippen LogP contribution in [0.3, 0.4) is 0 Å². The van der Waals surface area contributed by atoms with E-state index in [2.05, 4.69) is 24.0 Å². The molecular weight excluding hydrogens is 264 g/mol. The monoisotopic (exact) mass is 284 g/mol. The fourth-order valence-electron chi connectivity index (χ4n) is 2.28. The van der Waals surface area contributed by atoms with E-state index in [0.29, 0.717) is 17.1 Å². The topological polar surface area (TPSA) is 65.2 Å². The van der Waals surface area contributed by atoms with Crippen LogP contribution in [0, 0.1) is 11.8 Å². The average Bonchev–Trinajstić information content (AvgIpc) is 2.83. The first-order valence-electron chi connectivity index (χ1n) is 6.77. The number of ether oxygens (including phenoxy) is 1. The van der Waals surface area contributed by atoms with Gasteiger partial charge in [0.05, 0.1) is 6.61 Å². The Hall–Kier alpha value is -1.04. The first-order valence-corrected chi connectivity index (χ1v) is 7.65. The van der Waals surface area contributed by atoms with Gasteiger partial charge in [0, 0.05) is 5.25 Å². The van der Waals surface area contributed by atoms with Gasteiger partial charge in [0.2, 0.25) is 0 Å². The van der Waals surface area contributed by atoms with E-state index in [4.69, 9.17) is 9.15 Å². The Labute approximate surface area is 117 Å². The van der Waals surface area contributed by atoms with Crippen LogP contribution >= 0.6 is 11.8 Å². The first-order chi connectivity index (χ1) is 9.10. The third-order valence-electron chi connectivity index (χ3n) is 3.67. The minimum atomic E-state index is -0.549. The molecule has 3 unspecified atom stereocenters. The fourth-order valence-corrected chi connectivity index (χ4v) is 3.43. The van der Waals surface area contributed by atoms with Crippen molar-refractivity contribution in [1.29, 1.82) is 0 Å². The average molecular weight is 284 g/mol. The van der Waals surface area contributed by atoms with E-state index in [9.17, 15) is 4.79 Å². The number of carbonyl (C=O) groups is 1. The lowest BCUT2D eigenvalue weighted by atomic mass is 9.81. The lowest BCUT2D eigenvalue weighted by molar-refractivity contribution is 0.0475. The van der Waals surface area contributed by atoms with Crippen molar-refractivity contribution >= 4 is 17.7 Å². The summed E-state index contributed by atoms with van der Waals surface area (Å²) in [4.78, 5) is 11.4. The maximum Gasteiger partial charge on any atom is 0.396 e. The smallest absolute Gasteiger partial charge is 0.396 e. The minimum absolute atomic E-state index is 0.0541. The maximum absolute atomic E-state index is 11.4. The number of aromatic nitrogens is 2. The molecule has 19 heavy (non-hydrogen) atoms. The Morgan fingerprint density at radius 1 is 1.37 bits per heavy atom. The van der Waals surface area contributed by atoms with Crippen molar-refractivity contribution in [3.63, 3.8) is 0 Å². The van der Waals surface area contributed by atoms with Gasteiger partial charge in [-0.25, -0.2) is 4.79 Å². The summed E-state index contributed by atoms with van der Waals surface area (Å²) in [5, 5.41) is 8.59. The summed E-state index contributed by atoms with van der Waals surface area (Å²) in [6.45, 7) is 6.64. The molecule has 0 amide bonds. The molecule has 3 atom stereocenters. The number of hydrogen-bond acceptors (Lipinski definition) is 6. The number of rotatable bonds is 4. The van der Waals surface area contributed by atoms with Crippen LogP contribution in [0.1, 0.15) is 50.7 Å². The number of hydrogen-bond donors (Lipinski definition) is 0. The molecule has 1 heterocycles. The lowest BCUT2D eigenvalue weighted by Crippen LogP contribution is -2.22. The van der Waals surface area contributed by atoms with Crippen molar-refractivity contribution in [2.45, 2.75) is 50.5 Å². The second-order valence-corrected chi connectivity index (χ2v) is 6.35. The zero-order chi connectivity index (χ0) is 13.8. The van der Waals surface area contributed by atoms with Gasteiger partial charge in [0.25, 0.3) is 5.22 Å². The van der Waals surface area contributed by atoms with Crippen molar-refractivity contribution < 1.29 is 13.9 Å². The van der Waals surface area contributed by atoms with Crippen LogP contribution in [0.2, 0.25) is 0 Å². The molecule has 0 N–H and O–H groups in total. The zero-order valence-corrected chi connectivity index (χ0v) is 12.4. The highest BCUT2D eigenvalue weighted by Gasteiger charge is 2.27.